The molecule has 13 nitrogen and oxygen atoms in total. The van der Waals surface area contributed by atoms with Crippen LogP contribution in [0, 0.1) is 0 Å². The molecule has 0 atom stereocenters. The number of halogens is 1. The van der Waals surface area contributed by atoms with Crippen LogP contribution < -0.4 is 21.3 Å². The lowest BCUT2D eigenvalue weighted by Crippen LogP contribution is -2.39. The monoisotopic (exact) mass is 925 g/mol. The second kappa shape index (κ2) is 19.9. The molecule has 3 amide bonds. The van der Waals surface area contributed by atoms with Gasteiger partial charge >= 0.3 is 6.09 Å². The summed E-state index contributed by atoms with van der Waals surface area (Å²) >= 11 is 9.79. The molecule has 0 spiro atoms. The average molecular weight is 927 g/mol. The molecule has 0 fully saturated rings. The zero-order valence-electron chi connectivity index (χ0n) is 33.4. The summed E-state index contributed by atoms with van der Waals surface area (Å²) < 4.78 is 7.49. The van der Waals surface area contributed by atoms with Crippen LogP contribution >= 0.6 is 61.3 Å². The van der Waals surface area contributed by atoms with E-state index < -0.39 is 11.7 Å². The van der Waals surface area contributed by atoms with Crippen LogP contribution in [0.15, 0.2) is 36.9 Å². The minimum absolute atomic E-state index is 0.0458. The van der Waals surface area contributed by atoms with E-state index >= 15 is 0 Å². The third kappa shape index (κ3) is 11.2. The van der Waals surface area contributed by atoms with Crippen molar-refractivity contribution in [3.05, 3.63) is 57.8 Å². The Morgan fingerprint density at radius 1 is 0.862 bits per heavy atom. The Hall–Kier alpha value is -3.91. The summed E-state index contributed by atoms with van der Waals surface area (Å²) in [7, 11) is 0. The number of nitrogens with zero attached hydrogens (tertiary/aromatic N) is 5. The van der Waals surface area contributed by atoms with E-state index in [-0.39, 0.29) is 11.8 Å². The second-order valence-electron chi connectivity index (χ2n) is 14.6. The number of alkyl halides is 1. The van der Waals surface area contributed by atoms with Gasteiger partial charge in [-0.25, -0.2) is 14.8 Å². The molecule has 4 N–H and O–H groups in total. The van der Waals surface area contributed by atoms with Gasteiger partial charge in [0.1, 0.15) is 36.7 Å². The molecule has 2 aliphatic rings. The number of nitrogens with one attached hydrogen (secondary N) is 4. The van der Waals surface area contributed by atoms with E-state index in [1.807, 2.05) is 32.9 Å². The summed E-state index contributed by atoms with van der Waals surface area (Å²) in [5, 5.41) is 17.0. The number of carbonyl (C=O) groups excluding carboxylic acids is 3. The van der Waals surface area contributed by atoms with Crippen molar-refractivity contribution >= 4 is 110 Å². The third-order valence-electron chi connectivity index (χ3n) is 8.74. The van der Waals surface area contributed by atoms with Crippen LogP contribution in [-0.4, -0.2) is 79.9 Å². The van der Waals surface area contributed by atoms with E-state index in [1.165, 1.54) is 34.2 Å². The third-order valence-corrected chi connectivity index (χ3v) is 13.9. The van der Waals surface area contributed by atoms with Crippen LogP contribution in [0.25, 0.3) is 41.6 Å². The smallest absolute Gasteiger partial charge is 0.407 e. The first-order valence-electron chi connectivity index (χ1n) is 19.1. The lowest BCUT2D eigenvalue weighted by atomic mass is 10.0. The molecule has 0 saturated heterocycles. The van der Waals surface area contributed by atoms with Gasteiger partial charge in [0.25, 0.3) is 0 Å². The number of aromatic nitrogens is 4. The van der Waals surface area contributed by atoms with E-state index in [2.05, 4.69) is 59.0 Å². The van der Waals surface area contributed by atoms with E-state index in [0.29, 0.717) is 6.54 Å². The van der Waals surface area contributed by atoms with Gasteiger partial charge in [-0.15, -0.1) is 45.3 Å². The predicted octanol–water partition coefficient (Wildman–Crippen LogP) is 9.08. The van der Waals surface area contributed by atoms with E-state index in [9.17, 15) is 14.4 Å². The van der Waals surface area contributed by atoms with Crippen molar-refractivity contribution in [1.82, 2.24) is 35.5 Å². The summed E-state index contributed by atoms with van der Waals surface area (Å²) in [6, 6.07) is 3.95. The minimum Gasteiger partial charge on any atom is -0.444 e. The fraction of sp³-hybridized carbons (Fsp3) is 0.425. The fourth-order valence-corrected chi connectivity index (χ4v) is 11.1. The molecule has 0 radical (unpaired) electrons. The zero-order valence-corrected chi connectivity index (χ0v) is 38.3. The van der Waals surface area contributed by atoms with Gasteiger partial charge in [-0.1, -0.05) is 22.9 Å². The Morgan fingerprint density at radius 2 is 1.41 bits per heavy atom. The highest BCUT2D eigenvalue weighted by Gasteiger charge is 2.28. The van der Waals surface area contributed by atoms with E-state index in [4.69, 9.17) is 14.7 Å². The van der Waals surface area contributed by atoms with Crippen LogP contribution in [0.3, 0.4) is 0 Å². The molecular weight excluding hydrogens is 879 g/mol. The quantitative estimate of drug-likeness (QED) is 0.108. The summed E-state index contributed by atoms with van der Waals surface area (Å²) in [5.74, 6) is -0.137. The van der Waals surface area contributed by atoms with Gasteiger partial charge < -0.3 is 26.0 Å². The van der Waals surface area contributed by atoms with Crippen molar-refractivity contribution in [3.8, 4) is 21.1 Å². The number of ether oxygens (including phenoxy) is 1. The topological polar surface area (TPSA) is 163 Å². The minimum atomic E-state index is -0.506. The summed E-state index contributed by atoms with van der Waals surface area (Å²) in [4.78, 5) is 57.9. The largest absolute Gasteiger partial charge is 0.444 e. The molecule has 18 heteroatoms. The van der Waals surface area contributed by atoms with Crippen LogP contribution in [-0.2, 0) is 40.3 Å². The summed E-state index contributed by atoms with van der Waals surface area (Å²) in [5.41, 5.74) is 5.97. The molecule has 2 aliphatic heterocycles. The van der Waals surface area contributed by atoms with Crippen LogP contribution in [0.2, 0.25) is 0 Å². The van der Waals surface area contributed by atoms with Crippen molar-refractivity contribution in [2.75, 3.05) is 42.1 Å². The molecule has 58 heavy (non-hydrogen) atoms. The van der Waals surface area contributed by atoms with Crippen molar-refractivity contribution in [2.24, 2.45) is 0 Å². The Morgan fingerprint density at radius 3 is 1.93 bits per heavy atom. The lowest BCUT2D eigenvalue weighted by Gasteiger charge is -2.27. The van der Waals surface area contributed by atoms with Crippen LogP contribution in [0.5, 0.6) is 0 Å². The summed E-state index contributed by atoms with van der Waals surface area (Å²) in [6.07, 6.45) is 9.78. The SMILES string of the molecule is CC(=O)Nc1sc2c(c1-c1nc3cnccc3s1)CCN(CCNC(=O)OC(C)(C)C)C2.CC(=O)Nc1sc2c(c1-c1nc3cnccc3s1)CCNC2.CCCBr. The number of thiophene rings is 2. The molecule has 0 aromatic carbocycles. The number of alkyl carbamates (subject to hydrolysis) is 1. The highest BCUT2D eigenvalue weighted by Crippen LogP contribution is 2.46. The van der Waals surface area contributed by atoms with Gasteiger partial charge in [-0.05, 0) is 69.8 Å². The Bertz CT molecular complexity index is 2310. The number of anilines is 2. The van der Waals surface area contributed by atoms with Gasteiger partial charge in [0.05, 0.1) is 21.8 Å². The van der Waals surface area contributed by atoms with Gasteiger partial charge in [0, 0.05) is 85.2 Å². The average Bonchev–Trinajstić information content (AvgIpc) is 3.95. The first kappa shape index (κ1) is 43.7. The van der Waals surface area contributed by atoms with Crippen LogP contribution in [0.1, 0.15) is 68.8 Å². The van der Waals surface area contributed by atoms with Gasteiger partial charge in [0.2, 0.25) is 11.8 Å². The molecule has 0 aliphatic carbocycles. The summed E-state index contributed by atoms with van der Waals surface area (Å²) in [6.45, 7) is 15.5. The number of hydrogen-bond donors (Lipinski definition) is 4. The maximum absolute atomic E-state index is 11.9. The number of fused-ring (bicyclic) bond motifs is 4. The number of thiazole rings is 2. The number of carbonyl (C=O) groups is 3. The standard InChI is InChI=1S/C22H27N5O3S2.C15H14N4OS2.C3H7Br/c1-13(28)25-19-18(20-26-15-11-23-7-5-16(15)31-20)14-6-9-27(12-17(14)32-19)10-8-24-21(29)30-22(2,3)4;1-8(20)18-14-13(9-2-4-17-7-12(9)22-14)15-19-10-6-16-5-3-11(10)21-15;1-2-3-4/h5,7,11H,6,8-10,12H2,1-4H3,(H,24,29)(H,25,28);3,5-6,17H,2,4,7H2,1H3,(H,18,20);2-3H2,1H3. The molecule has 6 aromatic rings. The first-order valence-corrected chi connectivity index (χ1v) is 23.4. The molecule has 0 saturated carbocycles. The molecule has 8 heterocycles. The molecule has 308 valence electrons. The van der Waals surface area contributed by atoms with E-state index in [1.54, 1.807) is 77.1 Å². The molecule has 6 aromatic heterocycles. The molecular formula is C40H48BrN9O4S4. The molecule has 0 bridgehead atoms. The number of amides is 3. The number of hydrogen-bond acceptors (Lipinski definition) is 14. The molecule has 8 rings (SSSR count). The Labute approximate surface area is 362 Å². The van der Waals surface area contributed by atoms with Crippen molar-refractivity contribution in [2.45, 2.75) is 79.5 Å². The normalized spacial score (nSPS) is 13.7. The Kier molecular flexibility index (Phi) is 15.0. The van der Waals surface area contributed by atoms with E-state index in [0.717, 1.165) is 102 Å². The van der Waals surface area contributed by atoms with Gasteiger partial charge in [-0.3, -0.25) is 24.5 Å². The van der Waals surface area contributed by atoms with Crippen molar-refractivity contribution in [1.29, 1.82) is 0 Å². The van der Waals surface area contributed by atoms with Crippen molar-refractivity contribution in [3.63, 3.8) is 0 Å². The number of rotatable bonds is 8. The number of pyridine rings is 2. The maximum atomic E-state index is 11.9. The van der Waals surface area contributed by atoms with Gasteiger partial charge in [-0.2, -0.15) is 0 Å². The second-order valence-corrected chi connectivity index (χ2v) is 19.6. The van der Waals surface area contributed by atoms with Crippen LogP contribution in [0.4, 0.5) is 14.8 Å². The van der Waals surface area contributed by atoms with Crippen molar-refractivity contribution < 1.29 is 19.1 Å². The zero-order chi connectivity index (χ0) is 41.4. The lowest BCUT2D eigenvalue weighted by molar-refractivity contribution is -0.115. The maximum Gasteiger partial charge on any atom is 0.407 e. The molecule has 0 unspecified atom stereocenters. The highest BCUT2D eigenvalue weighted by atomic mass is 79.9. The highest BCUT2D eigenvalue weighted by molar-refractivity contribution is 9.09. The Balaban J connectivity index is 0.000000189. The van der Waals surface area contributed by atoms with Gasteiger partial charge in [0.15, 0.2) is 0 Å². The predicted molar refractivity (Wildman–Crippen MR) is 243 cm³/mol. The first-order chi connectivity index (χ1) is 27.8. The fourth-order valence-electron chi connectivity index (χ4n) is 6.33.